The van der Waals surface area contributed by atoms with E-state index in [4.69, 9.17) is 23.8 Å². The summed E-state index contributed by atoms with van der Waals surface area (Å²) in [6.07, 6.45) is 1.97. The lowest BCUT2D eigenvalue weighted by atomic mass is 10.2. The number of thioether (sulfide) groups is 1. The molecule has 1 aliphatic heterocycles. The normalized spacial score (nSPS) is 15.6. The van der Waals surface area contributed by atoms with E-state index < -0.39 is 0 Å². The van der Waals surface area contributed by atoms with Gasteiger partial charge in [0.15, 0.2) is 0 Å². The Morgan fingerprint density at radius 1 is 1.15 bits per heavy atom. The first-order valence-corrected chi connectivity index (χ1v) is 9.49. The lowest BCUT2D eigenvalue weighted by Gasteiger charge is -2.14. The maximum Gasteiger partial charge on any atom is 0.266 e. The summed E-state index contributed by atoms with van der Waals surface area (Å²) in [6.45, 7) is 0.246. The molecular formula is C19H15ClN2O2S2. The number of carbonyl (C=O) groups excluding carboxylic acids is 2. The SMILES string of the molecule is O=C(CCN1C(=O)C(=Cc2ccccc2)SC1=S)Nc1ccc(Cl)cc1. The molecule has 1 saturated heterocycles. The molecule has 1 heterocycles. The Bertz CT molecular complexity index is 867. The van der Waals surface area contributed by atoms with Crippen molar-refractivity contribution in [1.82, 2.24) is 4.90 Å². The highest BCUT2D eigenvalue weighted by atomic mass is 35.5. The molecule has 4 nitrogen and oxygen atoms in total. The summed E-state index contributed by atoms with van der Waals surface area (Å²) < 4.78 is 0.469. The first kappa shape index (κ1) is 18.6. The van der Waals surface area contributed by atoms with Gasteiger partial charge in [0.1, 0.15) is 4.32 Å². The Labute approximate surface area is 166 Å². The van der Waals surface area contributed by atoms with Crippen LogP contribution in [0.5, 0.6) is 0 Å². The van der Waals surface area contributed by atoms with Crippen molar-refractivity contribution in [3.8, 4) is 0 Å². The number of nitrogens with one attached hydrogen (secondary N) is 1. The van der Waals surface area contributed by atoms with Gasteiger partial charge in [0, 0.05) is 23.7 Å². The number of benzene rings is 2. The van der Waals surface area contributed by atoms with Crippen molar-refractivity contribution < 1.29 is 9.59 Å². The largest absolute Gasteiger partial charge is 0.326 e. The molecule has 7 heteroatoms. The van der Waals surface area contributed by atoms with Gasteiger partial charge in [0.05, 0.1) is 4.91 Å². The molecule has 1 fully saturated rings. The van der Waals surface area contributed by atoms with Gasteiger partial charge >= 0.3 is 0 Å². The van der Waals surface area contributed by atoms with Crippen LogP contribution in [0.25, 0.3) is 6.08 Å². The van der Waals surface area contributed by atoms with Crippen LogP contribution in [0.3, 0.4) is 0 Å². The van der Waals surface area contributed by atoms with Crippen molar-refractivity contribution in [1.29, 1.82) is 0 Å². The van der Waals surface area contributed by atoms with Crippen molar-refractivity contribution in [3.05, 3.63) is 70.1 Å². The van der Waals surface area contributed by atoms with Crippen LogP contribution in [0, 0.1) is 0 Å². The number of anilines is 1. The highest BCUT2D eigenvalue weighted by molar-refractivity contribution is 8.26. The highest BCUT2D eigenvalue weighted by Gasteiger charge is 2.32. The standard InChI is InChI=1S/C19H15ClN2O2S2/c20-14-6-8-15(9-7-14)21-17(23)10-11-22-18(24)16(26-19(22)25)12-13-4-2-1-3-5-13/h1-9,12H,10-11H2,(H,21,23). The molecule has 2 amide bonds. The first-order chi connectivity index (χ1) is 12.5. The Hall–Kier alpha value is -2.15. The van der Waals surface area contributed by atoms with E-state index in [0.717, 1.165) is 5.56 Å². The van der Waals surface area contributed by atoms with Crippen molar-refractivity contribution in [2.75, 3.05) is 11.9 Å². The molecule has 132 valence electrons. The Morgan fingerprint density at radius 3 is 2.54 bits per heavy atom. The minimum atomic E-state index is -0.187. The zero-order chi connectivity index (χ0) is 18.5. The number of halogens is 1. The van der Waals surface area contributed by atoms with Gasteiger partial charge in [-0.2, -0.15) is 0 Å². The van der Waals surface area contributed by atoms with Crippen molar-refractivity contribution >= 4 is 63.5 Å². The van der Waals surface area contributed by atoms with E-state index in [0.29, 0.717) is 19.9 Å². The molecule has 0 spiro atoms. The third kappa shape index (κ3) is 4.72. The van der Waals surface area contributed by atoms with E-state index >= 15 is 0 Å². The molecule has 0 atom stereocenters. The lowest BCUT2D eigenvalue weighted by Crippen LogP contribution is -2.31. The van der Waals surface area contributed by atoms with Gasteiger partial charge in [0.2, 0.25) is 5.91 Å². The third-order valence-corrected chi connectivity index (χ3v) is 5.29. The van der Waals surface area contributed by atoms with Gasteiger partial charge in [-0.15, -0.1) is 0 Å². The fourth-order valence-electron chi connectivity index (χ4n) is 2.36. The average Bonchev–Trinajstić information content (AvgIpc) is 2.89. The molecule has 1 aliphatic rings. The number of thiocarbonyl (C=S) groups is 1. The monoisotopic (exact) mass is 402 g/mol. The molecule has 2 aromatic carbocycles. The van der Waals surface area contributed by atoms with Crippen LogP contribution >= 0.6 is 35.6 Å². The molecule has 0 bridgehead atoms. The van der Waals surface area contributed by atoms with Crippen LogP contribution in [0.2, 0.25) is 5.02 Å². The summed E-state index contributed by atoms with van der Waals surface area (Å²) in [5, 5.41) is 3.38. The van der Waals surface area contributed by atoms with Crippen LogP contribution in [0.15, 0.2) is 59.5 Å². The maximum atomic E-state index is 12.5. The Balaban J connectivity index is 1.58. The van der Waals surface area contributed by atoms with Crippen LogP contribution in [0.1, 0.15) is 12.0 Å². The summed E-state index contributed by atoms with van der Waals surface area (Å²) in [4.78, 5) is 26.7. The van der Waals surface area contributed by atoms with Crippen molar-refractivity contribution in [2.24, 2.45) is 0 Å². The quantitative estimate of drug-likeness (QED) is 0.588. The van der Waals surface area contributed by atoms with E-state index in [2.05, 4.69) is 5.32 Å². The molecule has 2 aromatic rings. The summed E-state index contributed by atoms with van der Waals surface area (Å²) in [5.74, 6) is -0.350. The smallest absolute Gasteiger partial charge is 0.266 e. The second-order valence-corrected chi connectivity index (χ2v) is 7.66. The molecule has 0 aromatic heterocycles. The molecule has 0 unspecified atom stereocenters. The number of hydrogen-bond donors (Lipinski definition) is 1. The molecule has 1 N–H and O–H groups in total. The van der Waals surface area contributed by atoms with E-state index in [1.807, 2.05) is 36.4 Å². The second kappa shape index (κ2) is 8.49. The Morgan fingerprint density at radius 2 is 1.85 bits per heavy atom. The number of hydrogen-bond acceptors (Lipinski definition) is 4. The minimum Gasteiger partial charge on any atom is -0.326 e. The number of amides is 2. The predicted molar refractivity (Wildman–Crippen MR) is 111 cm³/mol. The van der Waals surface area contributed by atoms with Crippen molar-refractivity contribution in [2.45, 2.75) is 6.42 Å². The van der Waals surface area contributed by atoms with Gasteiger partial charge < -0.3 is 5.32 Å². The molecule has 26 heavy (non-hydrogen) atoms. The van der Waals surface area contributed by atoms with Crippen LogP contribution in [0.4, 0.5) is 5.69 Å². The second-order valence-electron chi connectivity index (χ2n) is 5.55. The maximum absolute atomic E-state index is 12.5. The zero-order valence-electron chi connectivity index (χ0n) is 13.6. The highest BCUT2D eigenvalue weighted by Crippen LogP contribution is 2.32. The van der Waals surface area contributed by atoms with E-state index in [-0.39, 0.29) is 24.8 Å². The van der Waals surface area contributed by atoms with Gasteiger partial charge in [-0.05, 0) is 35.9 Å². The third-order valence-electron chi connectivity index (χ3n) is 3.66. The van der Waals surface area contributed by atoms with E-state index in [9.17, 15) is 9.59 Å². The lowest BCUT2D eigenvalue weighted by molar-refractivity contribution is -0.122. The molecular weight excluding hydrogens is 388 g/mol. The van der Waals surface area contributed by atoms with Crippen LogP contribution < -0.4 is 5.32 Å². The van der Waals surface area contributed by atoms with Gasteiger partial charge in [0.25, 0.3) is 5.91 Å². The predicted octanol–water partition coefficient (Wildman–Crippen LogP) is 4.57. The van der Waals surface area contributed by atoms with E-state index in [1.165, 1.54) is 16.7 Å². The van der Waals surface area contributed by atoms with Gasteiger partial charge in [-0.1, -0.05) is 65.9 Å². The minimum absolute atomic E-state index is 0.160. The van der Waals surface area contributed by atoms with Crippen LogP contribution in [-0.4, -0.2) is 27.6 Å². The van der Waals surface area contributed by atoms with Gasteiger partial charge in [-0.25, -0.2) is 0 Å². The molecule has 0 saturated carbocycles. The van der Waals surface area contributed by atoms with E-state index in [1.54, 1.807) is 24.3 Å². The fourth-order valence-corrected chi connectivity index (χ4v) is 3.80. The van der Waals surface area contributed by atoms with Gasteiger partial charge in [-0.3, -0.25) is 14.5 Å². The Kier molecular flexibility index (Phi) is 6.08. The summed E-state index contributed by atoms with van der Waals surface area (Å²) >= 11 is 12.4. The van der Waals surface area contributed by atoms with Crippen LogP contribution in [-0.2, 0) is 9.59 Å². The average molecular weight is 403 g/mol. The molecule has 3 rings (SSSR count). The summed E-state index contributed by atoms with van der Waals surface area (Å²) in [5.41, 5.74) is 1.60. The first-order valence-electron chi connectivity index (χ1n) is 7.89. The fraction of sp³-hybridized carbons (Fsp3) is 0.105. The number of nitrogens with zero attached hydrogens (tertiary/aromatic N) is 1. The number of rotatable bonds is 5. The topological polar surface area (TPSA) is 49.4 Å². The summed E-state index contributed by atoms with van der Waals surface area (Å²) in [7, 11) is 0. The zero-order valence-corrected chi connectivity index (χ0v) is 16.0. The molecule has 0 radical (unpaired) electrons. The summed E-state index contributed by atoms with van der Waals surface area (Å²) in [6, 6.07) is 16.4. The number of carbonyl (C=O) groups is 2. The molecule has 0 aliphatic carbocycles. The van der Waals surface area contributed by atoms with Crippen molar-refractivity contribution in [3.63, 3.8) is 0 Å².